The summed E-state index contributed by atoms with van der Waals surface area (Å²) in [4.78, 5) is 12.2. The molecule has 0 aliphatic carbocycles. The lowest BCUT2D eigenvalue weighted by Crippen LogP contribution is -2.09. The van der Waals surface area contributed by atoms with E-state index in [1.807, 2.05) is 6.08 Å². The summed E-state index contributed by atoms with van der Waals surface area (Å²) in [6.07, 6.45) is 6.19. The minimum Gasteiger partial charge on any atom is -0.488 e. The summed E-state index contributed by atoms with van der Waals surface area (Å²) in [6, 6.07) is 3.30. The van der Waals surface area contributed by atoms with E-state index in [0.29, 0.717) is 29.4 Å². The molecule has 0 aromatic heterocycles. The molecule has 0 atom stereocenters. The first-order valence-corrected chi connectivity index (χ1v) is 9.23. The molecule has 6 heteroatoms. The Balaban J connectivity index is 2.99. The molecule has 0 radical (unpaired) electrons. The monoisotopic (exact) mass is 392 g/mol. The van der Waals surface area contributed by atoms with Crippen LogP contribution in [0.1, 0.15) is 50.9 Å². The van der Waals surface area contributed by atoms with E-state index in [9.17, 15) is 4.79 Å². The van der Waals surface area contributed by atoms with Gasteiger partial charge in [0, 0.05) is 26.4 Å². The highest BCUT2D eigenvalue weighted by molar-refractivity contribution is 6.00. The third-order valence-electron chi connectivity index (χ3n) is 3.83. The van der Waals surface area contributed by atoms with Gasteiger partial charge < -0.3 is 23.7 Å². The fraction of sp³-hybridized carbons (Fsp3) is 0.500. The predicted octanol–water partition coefficient (Wildman–Crippen LogP) is 4.93. The van der Waals surface area contributed by atoms with Crippen LogP contribution in [0.3, 0.4) is 0 Å². The predicted molar refractivity (Wildman–Crippen MR) is 109 cm³/mol. The molecule has 0 saturated carbocycles. The molecular weight excluding hydrogens is 360 g/mol. The summed E-state index contributed by atoms with van der Waals surface area (Å²) in [6.45, 7) is 8.15. The summed E-state index contributed by atoms with van der Waals surface area (Å²) >= 11 is 0. The maximum Gasteiger partial charge on any atom is 0.188 e. The van der Waals surface area contributed by atoms with Gasteiger partial charge in [-0.1, -0.05) is 17.2 Å². The van der Waals surface area contributed by atoms with Gasteiger partial charge in [0.05, 0.1) is 0 Å². The van der Waals surface area contributed by atoms with Crippen LogP contribution in [0.4, 0.5) is 0 Å². The van der Waals surface area contributed by atoms with Crippen LogP contribution in [-0.2, 0) is 9.47 Å². The molecule has 1 rings (SSSR count). The second kappa shape index (κ2) is 13.0. The molecule has 156 valence electrons. The van der Waals surface area contributed by atoms with Crippen molar-refractivity contribution in [2.24, 2.45) is 0 Å². The molecule has 0 aliphatic rings. The molecule has 0 unspecified atom stereocenters. The highest BCUT2D eigenvalue weighted by Gasteiger charge is 2.18. The maximum atomic E-state index is 12.2. The first-order valence-electron chi connectivity index (χ1n) is 9.23. The zero-order valence-corrected chi connectivity index (χ0v) is 17.8. The average molecular weight is 392 g/mol. The summed E-state index contributed by atoms with van der Waals surface area (Å²) in [5.74, 6) is 1.07. The number of Topliss-reactive ketones (excluding diaryl/α,β-unsaturated/α-hetero) is 1. The van der Waals surface area contributed by atoms with Crippen molar-refractivity contribution in [3.63, 3.8) is 0 Å². The Morgan fingerprint density at radius 1 is 0.893 bits per heavy atom. The zero-order chi connectivity index (χ0) is 20.9. The minimum absolute atomic E-state index is 0.0107. The fourth-order valence-electron chi connectivity index (χ4n) is 2.44. The first kappa shape index (κ1) is 23.7. The van der Waals surface area contributed by atoms with Crippen molar-refractivity contribution in [3.8, 4) is 17.2 Å². The quantitative estimate of drug-likeness (QED) is 0.270. The lowest BCUT2D eigenvalue weighted by Gasteiger charge is -2.16. The Labute approximate surface area is 168 Å². The molecule has 0 heterocycles. The summed E-state index contributed by atoms with van der Waals surface area (Å²) in [5, 5.41) is 0. The third kappa shape index (κ3) is 8.59. The number of hydrogen-bond donors (Lipinski definition) is 0. The van der Waals surface area contributed by atoms with Crippen molar-refractivity contribution in [2.45, 2.75) is 40.5 Å². The van der Waals surface area contributed by atoms with Crippen LogP contribution in [-0.4, -0.2) is 40.2 Å². The number of methoxy groups -OCH3 is 2. The molecule has 0 spiro atoms. The topological polar surface area (TPSA) is 63.2 Å². The summed E-state index contributed by atoms with van der Waals surface area (Å²) in [5.41, 5.74) is 2.90. The molecule has 0 N–H and O–H groups in total. The van der Waals surface area contributed by atoms with Crippen molar-refractivity contribution in [1.29, 1.82) is 0 Å². The van der Waals surface area contributed by atoms with E-state index in [1.165, 1.54) is 32.3 Å². The number of rotatable bonds is 13. The number of ketones is 1. The molecule has 0 amide bonds. The molecule has 1 aromatic rings. The van der Waals surface area contributed by atoms with Gasteiger partial charge in [-0.2, -0.15) is 0 Å². The fourth-order valence-corrected chi connectivity index (χ4v) is 2.44. The largest absolute Gasteiger partial charge is 0.488 e. The van der Waals surface area contributed by atoms with Crippen molar-refractivity contribution in [3.05, 3.63) is 41.0 Å². The van der Waals surface area contributed by atoms with Gasteiger partial charge in [-0.25, -0.2) is 0 Å². The second-order valence-electron chi connectivity index (χ2n) is 6.63. The molecule has 28 heavy (non-hydrogen) atoms. The Kier molecular flexibility index (Phi) is 11.0. The van der Waals surface area contributed by atoms with Crippen molar-refractivity contribution < 1.29 is 28.5 Å². The summed E-state index contributed by atoms with van der Waals surface area (Å²) < 4.78 is 26.8. The van der Waals surface area contributed by atoms with Gasteiger partial charge in [0.2, 0.25) is 0 Å². The van der Waals surface area contributed by atoms with E-state index in [1.54, 1.807) is 12.1 Å². The number of hydrogen-bond acceptors (Lipinski definition) is 6. The van der Waals surface area contributed by atoms with Gasteiger partial charge in [0.1, 0.15) is 29.4 Å². The molecule has 0 fully saturated rings. The Morgan fingerprint density at radius 2 is 1.50 bits per heavy atom. The third-order valence-corrected chi connectivity index (χ3v) is 3.83. The number of allylic oxidation sites excluding steroid dienone is 3. The SMILES string of the molecule is COCOc1cc(OC/C=C(\C)CCC=C(C)C)c(C(C)=O)c(OCOC)c1. The van der Waals surface area contributed by atoms with Crippen LogP contribution in [0, 0.1) is 0 Å². The Morgan fingerprint density at radius 3 is 2.07 bits per heavy atom. The van der Waals surface area contributed by atoms with Gasteiger partial charge in [0.15, 0.2) is 19.4 Å². The van der Waals surface area contributed by atoms with Gasteiger partial charge in [-0.05, 0) is 46.6 Å². The second-order valence-corrected chi connectivity index (χ2v) is 6.63. The van der Waals surface area contributed by atoms with Gasteiger partial charge in [-0.15, -0.1) is 0 Å². The normalized spacial score (nSPS) is 11.1. The summed E-state index contributed by atoms with van der Waals surface area (Å²) in [7, 11) is 3.05. The van der Waals surface area contributed by atoms with Crippen molar-refractivity contribution >= 4 is 5.78 Å². The van der Waals surface area contributed by atoms with Crippen LogP contribution in [0.25, 0.3) is 0 Å². The first-order chi connectivity index (χ1) is 13.4. The minimum atomic E-state index is -0.163. The average Bonchev–Trinajstić information content (AvgIpc) is 2.63. The number of ether oxygens (including phenoxy) is 5. The molecule has 0 bridgehead atoms. The van der Waals surface area contributed by atoms with Crippen LogP contribution < -0.4 is 14.2 Å². The molecular formula is C22H32O6. The highest BCUT2D eigenvalue weighted by atomic mass is 16.7. The highest BCUT2D eigenvalue weighted by Crippen LogP contribution is 2.35. The van der Waals surface area contributed by atoms with Crippen molar-refractivity contribution in [2.75, 3.05) is 34.4 Å². The van der Waals surface area contributed by atoms with Crippen LogP contribution in [0.15, 0.2) is 35.4 Å². The van der Waals surface area contributed by atoms with Crippen LogP contribution in [0.2, 0.25) is 0 Å². The Hall–Kier alpha value is -2.31. The zero-order valence-electron chi connectivity index (χ0n) is 17.8. The van der Waals surface area contributed by atoms with Gasteiger partial charge in [-0.3, -0.25) is 4.79 Å². The number of benzene rings is 1. The Bertz CT molecular complexity index is 687. The van der Waals surface area contributed by atoms with Crippen LogP contribution >= 0.6 is 0 Å². The van der Waals surface area contributed by atoms with E-state index in [4.69, 9.17) is 23.7 Å². The molecule has 6 nitrogen and oxygen atoms in total. The van der Waals surface area contributed by atoms with Gasteiger partial charge in [0.25, 0.3) is 0 Å². The lowest BCUT2D eigenvalue weighted by atomic mass is 10.1. The smallest absolute Gasteiger partial charge is 0.188 e. The molecule has 0 saturated heterocycles. The molecule has 1 aromatic carbocycles. The van der Waals surface area contributed by atoms with Gasteiger partial charge >= 0.3 is 0 Å². The van der Waals surface area contributed by atoms with E-state index in [0.717, 1.165) is 12.8 Å². The van der Waals surface area contributed by atoms with E-state index >= 15 is 0 Å². The van der Waals surface area contributed by atoms with E-state index < -0.39 is 0 Å². The van der Waals surface area contributed by atoms with E-state index in [-0.39, 0.29) is 19.4 Å². The lowest BCUT2D eigenvalue weighted by molar-refractivity contribution is 0.0452. The van der Waals surface area contributed by atoms with Crippen molar-refractivity contribution in [1.82, 2.24) is 0 Å². The van der Waals surface area contributed by atoms with Crippen LogP contribution in [0.5, 0.6) is 17.2 Å². The number of carbonyl (C=O) groups excluding carboxylic acids is 1. The standard InChI is InChI=1S/C22H32O6/c1-16(2)8-7-9-17(3)10-11-26-20-12-19(27-14-24-5)13-21(28-15-25-6)22(20)18(4)23/h8,10,12-13H,7,9,11,14-15H2,1-6H3/b17-10+. The number of carbonyl (C=O) groups is 1. The van der Waals surface area contributed by atoms with E-state index in [2.05, 4.69) is 26.8 Å². The maximum absolute atomic E-state index is 12.2. The molecule has 0 aliphatic heterocycles.